The Morgan fingerprint density at radius 2 is 1.76 bits per heavy atom. The van der Waals surface area contributed by atoms with Crippen LogP contribution in [0.2, 0.25) is 0 Å². The van der Waals surface area contributed by atoms with E-state index in [9.17, 15) is 0 Å². The standard InChI is InChI=1S/C22H31NO3.2C2H6.CH2O2/c1-4-6-7-16-19(24-3)13-18-22(16)17-12-21-20(25-14-26-21)11-15(17)8-10-23(18)9-5-2;2*1-2;2-1-3/h11-13,16,18,22H,4-10,14H2,1-3H3;2*1-2H3;1H,(H,2,3). The minimum absolute atomic E-state index is 0.250. The second-order valence-electron chi connectivity index (χ2n) is 7.83. The van der Waals surface area contributed by atoms with Crippen LogP contribution in [0.4, 0.5) is 0 Å². The van der Waals surface area contributed by atoms with Crippen molar-refractivity contribution in [3.05, 3.63) is 35.1 Å². The molecule has 0 aromatic heterocycles. The van der Waals surface area contributed by atoms with E-state index in [1.165, 1.54) is 42.6 Å². The minimum Gasteiger partial charge on any atom is -0.501 e. The Kier molecular flexibility index (Phi) is 13.6. The van der Waals surface area contributed by atoms with Crippen LogP contribution >= 0.6 is 0 Å². The van der Waals surface area contributed by atoms with Crippen LogP contribution in [-0.4, -0.2) is 49.5 Å². The van der Waals surface area contributed by atoms with Crippen LogP contribution in [0.1, 0.15) is 84.3 Å². The highest BCUT2D eigenvalue weighted by atomic mass is 16.7. The molecular formula is C27H45NO5. The van der Waals surface area contributed by atoms with Crippen molar-refractivity contribution in [3.63, 3.8) is 0 Å². The van der Waals surface area contributed by atoms with Crippen molar-refractivity contribution in [2.45, 2.75) is 85.6 Å². The second kappa shape index (κ2) is 15.6. The van der Waals surface area contributed by atoms with E-state index in [-0.39, 0.29) is 6.47 Å². The first kappa shape index (κ1) is 28.8. The average Bonchev–Trinajstić information content (AvgIpc) is 3.43. The number of unbranched alkanes of at least 4 members (excludes halogenated alkanes) is 1. The van der Waals surface area contributed by atoms with E-state index >= 15 is 0 Å². The fraction of sp³-hybridized carbons (Fsp3) is 0.667. The van der Waals surface area contributed by atoms with E-state index in [0.717, 1.165) is 31.0 Å². The quantitative estimate of drug-likeness (QED) is 0.504. The number of fused-ring (bicyclic) bond motifs is 4. The van der Waals surface area contributed by atoms with E-state index in [0.29, 0.717) is 24.7 Å². The molecule has 1 aromatic carbocycles. The van der Waals surface area contributed by atoms with Crippen molar-refractivity contribution in [2.75, 3.05) is 27.0 Å². The van der Waals surface area contributed by atoms with Gasteiger partial charge in [-0.25, -0.2) is 0 Å². The molecule has 0 amide bonds. The van der Waals surface area contributed by atoms with Gasteiger partial charge in [0.2, 0.25) is 6.79 Å². The fourth-order valence-corrected chi connectivity index (χ4v) is 5.00. The smallest absolute Gasteiger partial charge is 0.290 e. The average molecular weight is 464 g/mol. The van der Waals surface area contributed by atoms with Gasteiger partial charge in [-0.1, -0.05) is 54.4 Å². The summed E-state index contributed by atoms with van der Waals surface area (Å²) in [6, 6.07) is 4.91. The molecule has 188 valence electrons. The summed E-state index contributed by atoms with van der Waals surface area (Å²) in [5, 5.41) is 6.89. The number of carbonyl (C=O) groups is 1. The molecule has 33 heavy (non-hydrogen) atoms. The zero-order valence-electron chi connectivity index (χ0n) is 21.7. The first-order valence-electron chi connectivity index (χ1n) is 12.7. The Hall–Kier alpha value is -2.21. The van der Waals surface area contributed by atoms with E-state index in [1.54, 1.807) is 0 Å². The van der Waals surface area contributed by atoms with Crippen molar-refractivity contribution < 1.29 is 24.1 Å². The molecule has 0 radical (unpaired) electrons. The number of carboxylic acid groups (broad SMARTS) is 1. The maximum absolute atomic E-state index is 8.36. The molecule has 0 saturated carbocycles. The van der Waals surface area contributed by atoms with Crippen LogP contribution in [0.25, 0.3) is 0 Å². The molecule has 1 aromatic rings. The number of benzene rings is 1. The minimum atomic E-state index is -0.250. The third-order valence-corrected chi connectivity index (χ3v) is 6.20. The summed E-state index contributed by atoms with van der Waals surface area (Å²) in [4.78, 5) is 11.0. The number of allylic oxidation sites excluding steroid dienone is 1. The van der Waals surface area contributed by atoms with Crippen molar-refractivity contribution in [3.8, 4) is 11.5 Å². The summed E-state index contributed by atoms with van der Waals surface area (Å²) in [5.41, 5.74) is 2.87. The van der Waals surface area contributed by atoms with Crippen LogP contribution in [-0.2, 0) is 16.0 Å². The van der Waals surface area contributed by atoms with Crippen molar-refractivity contribution in [1.82, 2.24) is 4.90 Å². The summed E-state index contributed by atoms with van der Waals surface area (Å²) in [7, 11) is 1.83. The van der Waals surface area contributed by atoms with E-state index in [1.807, 2.05) is 34.8 Å². The number of methoxy groups -OCH3 is 1. The summed E-state index contributed by atoms with van der Waals surface area (Å²) in [6.45, 7) is 14.9. The molecule has 6 heteroatoms. The van der Waals surface area contributed by atoms with E-state index in [4.69, 9.17) is 24.1 Å². The lowest BCUT2D eigenvalue weighted by Crippen LogP contribution is -2.38. The fourth-order valence-electron chi connectivity index (χ4n) is 5.00. The van der Waals surface area contributed by atoms with Gasteiger partial charge in [-0.05, 0) is 55.1 Å². The Balaban J connectivity index is 0.000000705. The topological polar surface area (TPSA) is 68.2 Å². The third-order valence-electron chi connectivity index (χ3n) is 6.20. The Bertz CT molecular complexity index is 733. The van der Waals surface area contributed by atoms with Crippen LogP contribution in [0.5, 0.6) is 11.5 Å². The molecule has 0 bridgehead atoms. The van der Waals surface area contributed by atoms with Gasteiger partial charge < -0.3 is 19.3 Å². The monoisotopic (exact) mass is 463 g/mol. The van der Waals surface area contributed by atoms with Gasteiger partial charge in [0.1, 0.15) is 0 Å². The molecule has 3 aliphatic rings. The normalized spacial score (nSPS) is 21.9. The number of hydrogen-bond donors (Lipinski definition) is 1. The Labute approximate surface area is 200 Å². The maximum Gasteiger partial charge on any atom is 0.290 e. The highest BCUT2D eigenvalue weighted by Gasteiger charge is 2.44. The van der Waals surface area contributed by atoms with Crippen molar-refractivity contribution in [2.24, 2.45) is 5.92 Å². The van der Waals surface area contributed by atoms with Crippen LogP contribution in [0, 0.1) is 5.92 Å². The summed E-state index contributed by atoms with van der Waals surface area (Å²) < 4.78 is 17.2. The predicted molar refractivity (Wildman–Crippen MR) is 134 cm³/mol. The number of hydrogen-bond acceptors (Lipinski definition) is 5. The van der Waals surface area contributed by atoms with Crippen LogP contribution < -0.4 is 9.47 Å². The van der Waals surface area contributed by atoms with E-state index in [2.05, 4.69) is 37.0 Å². The molecule has 4 rings (SSSR count). The molecule has 1 aliphatic carbocycles. The lowest BCUT2D eigenvalue weighted by molar-refractivity contribution is -0.122. The van der Waals surface area contributed by atoms with Crippen molar-refractivity contribution >= 4 is 6.47 Å². The van der Waals surface area contributed by atoms with Gasteiger partial charge in [-0.15, -0.1) is 0 Å². The largest absolute Gasteiger partial charge is 0.501 e. The lowest BCUT2D eigenvalue weighted by Gasteiger charge is -2.32. The maximum atomic E-state index is 8.36. The van der Waals surface area contributed by atoms with Gasteiger partial charge in [-0.3, -0.25) is 9.69 Å². The molecule has 3 unspecified atom stereocenters. The Morgan fingerprint density at radius 3 is 2.33 bits per heavy atom. The number of ether oxygens (including phenoxy) is 3. The second-order valence-corrected chi connectivity index (χ2v) is 7.83. The SMILES string of the molecule is CC.CC.CCCCC1C(OC)=CC2C1c1cc3c(cc1CCN2CCC)OCO3.O=CO. The molecule has 2 aliphatic heterocycles. The zero-order valence-corrected chi connectivity index (χ0v) is 21.7. The first-order chi connectivity index (χ1) is 16.2. The number of nitrogens with zero attached hydrogens (tertiary/aromatic N) is 1. The van der Waals surface area contributed by atoms with Gasteiger partial charge >= 0.3 is 0 Å². The zero-order chi connectivity index (χ0) is 24.8. The van der Waals surface area contributed by atoms with Gasteiger partial charge in [0.25, 0.3) is 6.47 Å². The molecule has 6 nitrogen and oxygen atoms in total. The molecule has 0 saturated heterocycles. The van der Waals surface area contributed by atoms with Gasteiger partial charge in [-0.2, -0.15) is 0 Å². The molecule has 2 heterocycles. The molecular weight excluding hydrogens is 418 g/mol. The molecule has 3 atom stereocenters. The van der Waals surface area contributed by atoms with Gasteiger partial charge in [0.05, 0.1) is 12.9 Å². The Morgan fingerprint density at radius 1 is 1.12 bits per heavy atom. The van der Waals surface area contributed by atoms with Gasteiger partial charge in [0.15, 0.2) is 11.5 Å². The van der Waals surface area contributed by atoms with Crippen LogP contribution in [0.3, 0.4) is 0 Å². The summed E-state index contributed by atoms with van der Waals surface area (Å²) in [5.74, 6) is 3.91. The summed E-state index contributed by atoms with van der Waals surface area (Å²) >= 11 is 0. The molecule has 0 fully saturated rings. The number of rotatable bonds is 6. The van der Waals surface area contributed by atoms with Crippen LogP contribution in [0.15, 0.2) is 24.0 Å². The predicted octanol–water partition coefficient (Wildman–Crippen LogP) is 6.24. The molecule has 1 N–H and O–H groups in total. The first-order valence-corrected chi connectivity index (χ1v) is 12.7. The molecule has 0 spiro atoms. The van der Waals surface area contributed by atoms with Crippen molar-refractivity contribution in [1.29, 1.82) is 0 Å². The highest BCUT2D eigenvalue weighted by Crippen LogP contribution is 2.49. The van der Waals surface area contributed by atoms with Gasteiger partial charge in [0, 0.05) is 24.4 Å². The third kappa shape index (κ3) is 6.89. The highest BCUT2D eigenvalue weighted by molar-refractivity contribution is 5.52. The van der Waals surface area contributed by atoms with E-state index < -0.39 is 0 Å². The summed E-state index contributed by atoms with van der Waals surface area (Å²) in [6.07, 6.45) is 8.30. The lowest BCUT2D eigenvalue weighted by atomic mass is 9.80.